The highest BCUT2D eigenvalue weighted by Gasteiger charge is 2.14. The second-order valence-electron chi connectivity index (χ2n) is 5.40. The molecule has 1 aromatic heterocycles. The fourth-order valence-corrected chi connectivity index (χ4v) is 2.36. The maximum atomic E-state index is 12.0. The lowest BCUT2D eigenvalue weighted by atomic mass is 10.1. The molecule has 3 aromatic rings. The number of esters is 1. The van der Waals surface area contributed by atoms with E-state index in [0.717, 1.165) is 11.3 Å². The number of carbonyl (C=O) groups is 1. The summed E-state index contributed by atoms with van der Waals surface area (Å²) in [6.07, 6.45) is 0.150. The van der Waals surface area contributed by atoms with Crippen molar-refractivity contribution in [2.75, 3.05) is 14.2 Å². The first-order valence-electron chi connectivity index (χ1n) is 7.94. The van der Waals surface area contributed by atoms with Gasteiger partial charge < -0.3 is 18.7 Å². The Balaban J connectivity index is 1.58. The zero-order valence-electron chi connectivity index (χ0n) is 14.5. The first-order valence-corrected chi connectivity index (χ1v) is 7.94. The average molecular weight is 354 g/mol. The Morgan fingerprint density at radius 1 is 1.04 bits per heavy atom. The fraction of sp³-hybridized carbons (Fsp3) is 0.211. The van der Waals surface area contributed by atoms with Crippen LogP contribution in [0.1, 0.15) is 11.5 Å². The topological polar surface area (TPSA) is 83.7 Å². The molecule has 0 saturated carbocycles. The second-order valence-corrected chi connectivity index (χ2v) is 5.40. The molecule has 0 aliphatic heterocycles. The predicted octanol–water partition coefficient (Wildman–Crippen LogP) is 3.04. The molecule has 26 heavy (non-hydrogen) atoms. The molecule has 0 fully saturated rings. The van der Waals surface area contributed by atoms with Gasteiger partial charge in [-0.05, 0) is 29.8 Å². The van der Waals surface area contributed by atoms with Crippen molar-refractivity contribution in [3.05, 3.63) is 60.0 Å². The SMILES string of the molecule is COc1ccc(CC(=O)OCc2nc(-c3ccccc3OC)no2)cc1. The van der Waals surface area contributed by atoms with Crippen molar-refractivity contribution in [2.24, 2.45) is 0 Å². The molecule has 0 amide bonds. The standard InChI is InChI=1S/C19H18N2O5/c1-23-14-9-7-13(8-10-14)11-18(22)25-12-17-20-19(21-26-17)15-5-3-4-6-16(15)24-2/h3-10H,11-12H2,1-2H3. The minimum Gasteiger partial charge on any atom is -0.497 e. The van der Waals surface area contributed by atoms with Crippen LogP contribution in [0.15, 0.2) is 53.1 Å². The molecular weight excluding hydrogens is 336 g/mol. The zero-order chi connectivity index (χ0) is 18.4. The van der Waals surface area contributed by atoms with E-state index in [0.29, 0.717) is 17.1 Å². The van der Waals surface area contributed by atoms with E-state index >= 15 is 0 Å². The highest BCUT2D eigenvalue weighted by Crippen LogP contribution is 2.27. The summed E-state index contributed by atoms with van der Waals surface area (Å²) in [5.41, 5.74) is 1.53. The van der Waals surface area contributed by atoms with Crippen LogP contribution in [0.5, 0.6) is 11.5 Å². The maximum Gasteiger partial charge on any atom is 0.310 e. The molecule has 0 bridgehead atoms. The number of methoxy groups -OCH3 is 2. The van der Waals surface area contributed by atoms with Gasteiger partial charge in [0.2, 0.25) is 5.82 Å². The molecule has 7 heteroatoms. The van der Waals surface area contributed by atoms with Crippen LogP contribution in [0.4, 0.5) is 0 Å². The molecule has 3 rings (SSSR count). The van der Waals surface area contributed by atoms with Crippen LogP contribution in [0.2, 0.25) is 0 Å². The van der Waals surface area contributed by atoms with Crippen LogP contribution in [0, 0.1) is 0 Å². The molecule has 0 atom stereocenters. The summed E-state index contributed by atoms with van der Waals surface area (Å²) in [6, 6.07) is 14.5. The van der Waals surface area contributed by atoms with Crippen molar-refractivity contribution < 1.29 is 23.5 Å². The van der Waals surface area contributed by atoms with Crippen LogP contribution in [0.3, 0.4) is 0 Å². The smallest absolute Gasteiger partial charge is 0.310 e. The lowest BCUT2D eigenvalue weighted by Crippen LogP contribution is -2.08. The Hall–Kier alpha value is -3.35. The van der Waals surface area contributed by atoms with Gasteiger partial charge in [0.1, 0.15) is 11.5 Å². The van der Waals surface area contributed by atoms with Crippen LogP contribution >= 0.6 is 0 Å². The Kier molecular flexibility index (Phi) is 5.48. The highest BCUT2D eigenvalue weighted by molar-refractivity contribution is 5.72. The van der Waals surface area contributed by atoms with Gasteiger partial charge in [-0.3, -0.25) is 4.79 Å². The Bertz CT molecular complexity index is 874. The van der Waals surface area contributed by atoms with E-state index in [1.807, 2.05) is 30.3 Å². The number of aromatic nitrogens is 2. The zero-order valence-corrected chi connectivity index (χ0v) is 14.5. The normalized spacial score (nSPS) is 10.4. The Labute approximate surface area is 150 Å². The Morgan fingerprint density at radius 3 is 2.54 bits per heavy atom. The molecule has 0 aliphatic rings. The monoisotopic (exact) mass is 354 g/mol. The van der Waals surface area contributed by atoms with Crippen molar-refractivity contribution >= 4 is 5.97 Å². The van der Waals surface area contributed by atoms with Gasteiger partial charge in [-0.1, -0.05) is 29.4 Å². The van der Waals surface area contributed by atoms with E-state index in [1.54, 1.807) is 32.4 Å². The first kappa shape index (κ1) is 17.5. The summed E-state index contributed by atoms with van der Waals surface area (Å²) in [6.45, 7) is -0.0862. The largest absolute Gasteiger partial charge is 0.497 e. The number of rotatable bonds is 7. The van der Waals surface area contributed by atoms with Crippen molar-refractivity contribution in [3.8, 4) is 22.9 Å². The molecule has 134 valence electrons. The summed E-state index contributed by atoms with van der Waals surface area (Å²) in [4.78, 5) is 16.2. The van der Waals surface area contributed by atoms with E-state index in [9.17, 15) is 4.79 Å². The van der Waals surface area contributed by atoms with Crippen LogP contribution in [-0.4, -0.2) is 30.3 Å². The quantitative estimate of drug-likeness (QED) is 0.603. The second kappa shape index (κ2) is 8.15. The van der Waals surface area contributed by atoms with Crippen molar-refractivity contribution in [1.82, 2.24) is 10.1 Å². The third-order valence-corrected chi connectivity index (χ3v) is 3.68. The van der Waals surface area contributed by atoms with E-state index in [2.05, 4.69) is 10.1 Å². The highest BCUT2D eigenvalue weighted by atomic mass is 16.6. The number of nitrogens with zero attached hydrogens (tertiary/aromatic N) is 2. The maximum absolute atomic E-state index is 12.0. The summed E-state index contributed by atoms with van der Waals surface area (Å²) < 4.78 is 20.7. The minimum absolute atomic E-state index is 0.0862. The summed E-state index contributed by atoms with van der Waals surface area (Å²) in [5.74, 6) is 1.58. The molecule has 2 aromatic carbocycles. The van der Waals surface area contributed by atoms with Crippen molar-refractivity contribution in [3.63, 3.8) is 0 Å². The number of carbonyl (C=O) groups excluding carboxylic acids is 1. The lowest BCUT2D eigenvalue weighted by Gasteiger charge is -2.04. The average Bonchev–Trinajstić information content (AvgIpc) is 3.16. The first-order chi connectivity index (χ1) is 12.7. The molecule has 0 radical (unpaired) electrons. The van der Waals surface area contributed by atoms with E-state index in [-0.39, 0.29) is 24.9 Å². The number of hydrogen-bond acceptors (Lipinski definition) is 7. The minimum atomic E-state index is -0.382. The van der Waals surface area contributed by atoms with Crippen LogP contribution in [-0.2, 0) is 22.6 Å². The van der Waals surface area contributed by atoms with Crippen molar-refractivity contribution in [1.29, 1.82) is 0 Å². The molecule has 0 aliphatic carbocycles. The van der Waals surface area contributed by atoms with Crippen LogP contribution in [0.25, 0.3) is 11.4 Å². The molecule has 0 unspecified atom stereocenters. The fourth-order valence-electron chi connectivity index (χ4n) is 2.36. The number of benzene rings is 2. The van der Waals surface area contributed by atoms with Crippen LogP contribution < -0.4 is 9.47 Å². The van der Waals surface area contributed by atoms with E-state index < -0.39 is 0 Å². The van der Waals surface area contributed by atoms with Gasteiger partial charge in [-0.2, -0.15) is 4.98 Å². The molecule has 0 saturated heterocycles. The predicted molar refractivity (Wildman–Crippen MR) is 92.8 cm³/mol. The Morgan fingerprint density at radius 2 is 1.81 bits per heavy atom. The molecule has 1 heterocycles. The number of hydrogen-bond donors (Lipinski definition) is 0. The van der Waals surface area contributed by atoms with Gasteiger partial charge in [0, 0.05) is 0 Å². The van der Waals surface area contributed by atoms with Gasteiger partial charge in [0.15, 0.2) is 6.61 Å². The third-order valence-electron chi connectivity index (χ3n) is 3.68. The van der Waals surface area contributed by atoms with Gasteiger partial charge in [-0.25, -0.2) is 0 Å². The lowest BCUT2D eigenvalue weighted by molar-refractivity contribution is -0.144. The summed E-state index contributed by atoms with van der Waals surface area (Å²) in [5, 5.41) is 3.90. The molecular formula is C19H18N2O5. The number of ether oxygens (including phenoxy) is 3. The molecule has 0 spiro atoms. The third kappa shape index (κ3) is 4.18. The van der Waals surface area contributed by atoms with Gasteiger partial charge in [0.25, 0.3) is 5.89 Å². The summed E-state index contributed by atoms with van der Waals surface area (Å²) in [7, 11) is 3.16. The summed E-state index contributed by atoms with van der Waals surface area (Å²) >= 11 is 0. The van der Waals surface area contributed by atoms with Gasteiger partial charge in [0.05, 0.1) is 26.2 Å². The van der Waals surface area contributed by atoms with E-state index in [1.165, 1.54) is 0 Å². The molecule has 0 N–H and O–H groups in total. The van der Waals surface area contributed by atoms with E-state index in [4.69, 9.17) is 18.7 Å². The molecule has 7 nitrogen and oxygen atoms in total. The van der Waals surface area contributed by atoms with Crippen molar-refractivity contribution in [2.45, 2.75) is 13.0 Å². The van der Waals surface area contributed by atoms with Gasteiger partial charge in [-0.15, -0.1) is 0 Å². The number of para-hydroxylation sites is 1. The van der Waals surface area contributed by atoms with Gasteiger partial charge >= 0.3 is 5.97 Å².